The van der Waals surface area contributed by atoms with Crippen LogP contribution in [-0.2, 0) is 14.1 Å². The van der Waals surface area contributed by atoms with Gasteiger partial charge in [-0.3, -0.25) is 19.0 Å². The van der Waals surface area contributed by atoms with Crippen LogP contribution in [0, 0.1) is 0 Å². The number of carbonyl (C=O) groups excluding carboxylic acids is 2. The Bertz CT molecular complexity index is 590. The van der Waals surface area contributed by atoms with E-state index >= 15 is 0 Å². The normalized spacial score (nSPS) is 11.6. The van der Waals surface area contributed by atoms with Gasteiger partial charge in [0.15, 0.2) is 0 Å². The Kier molecular flexibility index (Phi) is 3.47. The van der Waals surface area contributed by atoms with Gasteiger partial charge in [-0.1, -0.05) is 23.2 Å². The summed E-state index contributed by atoms with van der Waals surface area (Å²) in [7, 11) is 3.29. The van der Waals surface area contributed by atoms with Crippen molar-refractivity contribution in [3.8, 4) is 0 Å². The van der Waals surface area contributed by atoms with E-state index in [1.165, 1.54) is 34.2 Å². The van der Waals surface area contributed by atoms with Crippen LogP contribution < -0.4 is 0 Å². The highest BCUT2D eigenvalue weighted by Crippen LogP contribution is 2.30. The topological polar surface area (TPSA) is 69.8 Å². The Labute approximate surface area is 118 Å². The monoisotopic (exact) mass is 300 g/mol. The summed E-state index contributed by atoms with van der Waals surface area (Å²) in [6, 6.07) is 0. The van der Waals surface area contributed by atoms with Crippen LogP contribution in [0.5, 0.6) is 0 Å². The summed E-state index contributed by atoms with van der Waals surface area (Å²) in [5, 5.41) is 7.68. The van der Waals surface area contributed by atoms with Crippen molar-refractivity contribution < 1.29 is 9.59 Å². The maximum atomic E-state index is 12.1. The molecule has 0 aliphatic rings. The van der Waals surface area contributed by atoms with Gasteiger partial charge in [0.2, 0.25) is 15.9 Å². The number of Topliss-reactive ketones (excluding diaryl/α,β-unsaturated/α-hetero) is 2. The van der Waals surface area contributed by atoms with Crippen molar-refractivity contribution >= 4 is 34.8 Å². The Morgan fingerprint density at radius 2 is 1.37 bits per heavy atom. The lowest BCUT2D eigenvalue weighted by Gasteiger charge is -2.14. The maximum absolute atomic E-state index is 12.1. The number of alkyl halides is 2. The molecular formula is C11H10Cl2N4O2. The summed E-state index contributed by atoms with van der Waals surface area (Å²) < 4.78 is 0.656. The van der Waals surface area contributed by atoms with Crippen molar-refractivity contribution in [3.05, 3.63) is 35.9 Å². The summed E-state index contributed by atoms with van der Waals surface area (Å²) in [6.07, 6.45) is 5.49. The second-order valence-corrected chi connectivity index (χ2v) is 5.37. The van der Waals surface area contributed by atoms with Gasteiger partial charge in [-0.05, 0) is 0 Å². The molecule has 0 fully saturated rings. The number of halogens is 2. The maximum Gasteiger partial charge on any atom is 0.242 e. The predicted octanol–water partition coefficient (Wildman–Crippen LogP) is 1.39. The molecule has 0 saturated carbocycles. The molecule has 0 N–H and O–H groups in total. The molecule has 2 aromatic rings. The Hall–Kier alpha value is -1.66. The van der Waals surface area contributed by atoms with Gasteiger partial charge in [0.25, 0.3) is 0 Å². The van der Waals surface area contributed by atoms with Crippen LogP contribution in [0.4, 0.5) is 0 Å². The number of aromatic nitrogens is 4. The molecule has 0 saturated heterocycles. The fourth-order valence-electron chi connectivity index (χ4n) is 1.54. The van der Waals surface area contributed by atoms with E-state index < -0.39 is 15.9 Å². The molecule has 0 radical (unpaired) electrons. The number of nitrogens with zero attached hydrogens (tertiary/aromatic N) is 4. The lowest BCUT2D eigenvalue weighted by molar-refractivity contribution is 0.0879. The van der Waals surface area contributed by atoms with Crippen molar-refractivity contribution in [1.82, 2.24) is 19.6 Å². The average molecular weight is 301 g/mol. The quantitative estimate of drug-likeness (QED) is 0.486. The Morgan fingerprint density at radius 1 is 1.00 bits per heavy atom. The van der Waals surface area contributed by atoms with Crippen molar-refractivity contribution in [2.45, 2.75) is 4.33 Å². The number of carbonyl (C=O) groups is 2. The molecule has 0 aliphatic carbocycles. The minimum atomic E-state index is -2.19. The minimum Gasteiger partial charge on any atom is -0.290 e. The summed E-state index contributed by atoms with van der Waals surface area (Å²) >= 11 is 11.8. The Balaban J connectivity index is 2.31. The molecule has 0 atom stereocenters. The van der Waals surface area contributed by atoms with Crippen LogP contribution in [0.3, 0.4) is 0 Å². The highest BCUT2D eigenvalue weighted by Gasteiger charge is 2.43. The SMILES string of the molecule is Cn1cc(C(=O)C(Cl)(Cl)C(=O)c2cnn(C)c2)cn1. The van der Waals surface area contributed by atoms with Crippen LogP contribution in [0.1, 0.15) is 20.7 Å². The van der Waals surface area contributed by atoms with Gasteiger partial charge in [0.1, 0.15) is 0 Å². The highest BCUT2D eigenvalue weighted by atomic mass is 35.5. The summed E-state index contributed by atoms with van der Waals surface area (Å²) in [5.74, 6) is -1.42. The van der Waals surface area contributed by atoms with E-state index in [-0.39, 0.29) is 11.1 Å². The summed E-state index contributed by atoms with van der Waals surface area (Å²) in [6.45, 7) is 0. The van der Waals surface area contributed by atoms with Crippen molar-refractivity contribution in [2.24, 2.45) is 14.1 Å². The van der Waals surface area contributed by atoms with Gasteiger partial charge < -0.3 is 0 Å². The molecule has 0 amide bonds. The fourth-order valence-corrected chi connectivity index (χ4v) is 1.98. The zero-order chi connectivity index (χ0) is 14.2. The van der Waals surface area contributed by atoms with Gasteiger partial charge in [-0.25, -0.2) is 0 Å². The zero-order valence-corrected chi connectivity index (χ0v) is 11.7. The largest absolute Gasteiger partial charge is 0.290 e. The molecule has 100 valence electrons. The Morgan fingerprint density at radius 3 is 1.63 bits per heavy atom. The lowest BCUT2D eigenvalue weighted by atomic mass is 10.1. The second kappa shape index (κ2) is 4.79. The van der Waals surface area contributed by atoms with E-state index in [2.05, 4.69) is 10.2 Å². The third-order valence-electron chi connectivity index (χ3n) is 2.50. The molecular weight excluding hydrogens is 291 g/mol. The number of hydrogen-bond acceptors (Lipinski definition) is 4. The van der Waals surface area contributed by atoms with Crippen LogP contribution in [-0.4, -0.2) is 35.5 Å². The average Bonchev–Trinajstić information content (AvgIpc) is 2.96. The van der Waals surface area contributed by atoms with Gasteiger partial charge in [-0.15, -0.1) is 0 Å². The number of ketones is 2. The molecule has 0 bridgehead atoms. The molecule has 0 spiro atoms. The number of hydrogen-bond donors (Lipinski definition) is 0. The van der Waals surface area contributed by atoms with E-state index in [1.807, 2.05) is 0 Å². The van der Waals surface area contributed by atoms with Crippen molar-refractivity contribution in [3.63, 3.8) is 0 Å². The van der Waals surface area contributed by atoms with Crippen LogP contribution in [0.25, 0.3) is 0 Å². The van der Waals surface area contributed by atoms with E-state index in [9.17, 15) is 9.59 Å². The third-order valence-corrected chi connectivity index (χ3v) is 3.19. The van der Waals surface area contributed by atoms with Gasteiger partial charge >= 0.3 is 0 Å². The summed E-state index contributed by atoms with van der Waals surface area (Å²) in [5.41, 5.74) is 0.342. The second-order valence-electron chi connectivity index (χ2n) is 4.04. The van der Waals surface area contributed by atoms with Crippen molar-refractivity contribution in [1.29, 1.82) is 0 Å². The molecule has 0 unspecified atom stereocenters. The summed E-state index contributed by atoms with van der Waals surface area (Å²) in [4.78, 5) is 24.3. The smallest absolute Gasteiger partial charge is 0.242 e. The van der Waals surface area contributed by atoms with Gasteiger partial charge in [0, 0.05) is 26.5 Å². The van der Waals surface area contributed by atoms with Crippen molar-refractivity contribution in [2.75, 3.05) is 0 Å². The van der Waals surface area contributed by atoms with E-state index in [4.69, 9.17) is 23.2 Å². The molecule has 0 aliphatic heterocycles. The first-order valence-corrected chi connectivity index (χ1v) is 6.02. The van der Waals surface area contributed by atoms with Crippen LogP contribution in [0.2, 0.25) is 0 Å². The predicted molar refractivity (Wildman–Crippen MR) is 69.5 cm³/mol. The van der Waals surface area contributed by atoms with Gasteiger partial charge in [-0.2, -0.15) is 10.2 Å². The third kappa shape index (κ3) is 2.54. The van der Waals surface area contributed by atoms with E-state index in [1.54, 1.807) is 14.1 Å². The lowest BCUT2D eigenvalue weighted by Crippen LogP contribution is -2.35. The first-order valence-electron chi connectivity index (χ1n) is 5.27. The number of aryl methyl sites for hydroxylation is 2. The first kappa shape index (κ1) is 13.8. The molecule has 0 aromatic carbocycles. The highest BCUT2D eigenvalue weighted by molar-refractivity contribution is 6.70. The first-order chi connectivity index (χ1) is 8.82. The standard InChI is InChI=1S/C11H10Cl2N4O2/c1-16-5-7(3-14-16)9(18)11(12,13)10(19)8-4-15-17(2)6-8/h3-6H,1-2H3. The molecule has 6 nitrogen and oxygen atoms in total. The minimum absolute atomic E-state index is 0.171. The molecule has 2 heterocycles. The fraction of sp³-hybridized carbons (Fsp3) is 0.273. The zero-order valence-electron chi connectivity index (χ0n) is 10.2. The van der Waals surface area contributed by atoms with Crippen LogP contribution in [0.15, 0.2) is 24.8 Å². The van der Waals surface area contributed by atoms with E-state index in [0.29, 0.717) is 0 Å². The van der Waals surface area contributed by atoms with Gasteiger partial charge in [0.05, 0.1) is 23.5 Å². The number of rotatable bonds is 4. The molecule has 2 aromatic heterocycles. The molecule has 19 heavy (non-hydrogen) atoms. The molecule has 2 rings (SSSR count). The van der Waals surface area contributed by atoms with E-state index in [0.717, 1.165) is 0 Å². The van der Waals surface area contributed by atoms with Crippen LogP contribution >= 0.6 is 23.2 Å². The molecule has 8 heteroatoms.